The van der Waals surface area contributed by atoms with E-state index >= 15 is 0 Å². The topological polar surface area (TPSA) is 36.9 Å². The van der Waals surface area contributed by atoms with Crippen LogP contribution in [0.5, 0.6) is 5.75 Å². The van der Waals surface area contributed by atoms with E-state index in [-0.39, 0.29) is 0 Å². The lowest BCUT2D eigenvalue weighted by Gasteiger charge is -2.20. The molecule has 0 spiro atoms. The van der Waals surface area contributed by atoms with Gasteiger partial charge in [0.1, 0.15) is 18.3 Å². The van der Waals surface area contributed by atoms with E-state index in [1.165, 1.54) is 0 Å². The maximum Gasteiger partial charge on any atom is 0.135 e. The quantitative estimate of drug-likeness (QED) is 0.941. The number of ether oxygens (including phenoxy) is 1. The molecular weight excluding hydrogens is 286 g/mol. The van der Waals surface area contributed by atoms with Crippen molar-refractivity contribution in [3.63, 3.8) is 0 Å². The van der Waals surface area contributed by atoms with Crippen LogP contribution in [-0.4, -0.2) is 19.6 Å². The summed E-state index contributed by atoms with van der Waals surface area (Å²) in [5.41, 5.74) is 5.14. The third kappa shape index (κ3) is 2.95. The Morgan fingerprint density at radius 1 is 1.24 bits per heavy atom. The van der Waals surface area contributed by atoms with Crippen LogP contribution in [0.15, 0.2) is 53.6 Å². The number of benzene rings is 2. The van der Waals surface area contributed by atoms with E-state index in [2.05, 4.69) is 15.4 Å². The maximum atomic E-state index is 6.23. The van der Waals surface area contributed by atoms with E-state index in [0.29, 0.717) is 13.1 Å². The molecule has 0 fully saturated rings. The van der Waals surface area contributed by atoms with Gasteiger partial charge >= 0.3 is 0 Å². The maximum absolute atomic E-state index is 6.23. The summed E-state index contributed by atoms with van der Waals surface area (Å²) in [6, 6.07) is 15.8. The summed E-state index contributed by atoms with van der Waals surface area (Å²) in [6.45, 7) is 0.646. The monoisotopic (exact) mass is 301 g/mol. The van der Waals surface area contributed by atoms with E-state index in [4.69, 9.17) is 16.3 Å². The predicted molar refractivity (Wildman–Crippen MR) is 86.1 cm³/mol. The highest BCUT2D eigenvalue weighted by Gasteiger charge is 2.20. The molecule has 21 heavy (non-hydrogen) atoms. The van der Waals surface area contributed by atoms with Crippen LogP contribution < -0.4 is 15.1 Å². The molecule has 1 N–H and O–H groups in total. The minimum absolute atomic E-state index is 0.646. The van der Waals surface area contributed by atoms with E-state index in [0.717, 1.165) is 27.9 Å². The first-order chi connectivity index (χ1) is 10.3. The van der Waals surface area contributed by atoms with Crippen LogP contribution in [0.3, 0.4) is 0 Å². The van der Waals surface area contributed by atoms with E-state index in [1.54, 1.807) is 7.11 Å². The normalized spacial score (nSPS) is 13.8. The number of rotatable bonds is 4. The number of amidine groups is 1. The Labute approximate surface area is 129 Å². The lowest BCUT2D eigenvalue weighted by Crippen LogP contribution is -2.30. The van der Waals surface area contributed by atoms with Crippen LogP contribution in [-0.2, 0) is 6.42 Å². The van der Waals surface area contributed by atoms with Crippen molar-refractivity contribution >= 4 is 23.1 Å². The molecule has 0 saturated carbocycles. The van der Waals surface area contributed by atoms with Crippen molar-refractivity contribution in [3.8, 4) is 5.75 Å². The zero-order chi connectivity index (χ0) is 14.7. The van der Waals surface area contributed by atoms with Crippen LogP contribution >= 0.6 is 11.6 Å². The van der Waals surface area contributed by atoms with Crippen molar-refractivity contribution in [1.29, 1.82) is 0 Å². The molecule has 1 aliphatic heterocycles. The first-order valence-electron chi connectivity index (χ1n) is 6.72. The van der Waals surface area contributed by atoms with E-state index in [9.17, 15) is 0 Å². The summed E-state index contributed by atoms with van der Waals surface area (Å²) in [5.74, 6) is 1.77. The van der Waals surface area contributed by atoms with Gasteiger partial charge in [0.25, 0.3) is 0 Å². The molecule has 5 heteroatoms. The highest BCUT2D eigenvalue weighted by molar-refractivity contribution is 6.31. The molecule has 3 rings (SSSR count). The first-order valence-corrected chi connectivity index (χ1v) is 7.10. The van der Waals surface area contributed by atoms with E-state index < -0.39 is 0 Å². The number of nitrogens with one attached hydrogen (secondary N) is 1. The average Bonchev–Trinajstić information content (AvgIpc) is 2.98. The molecule has 1 aliphatic rings. The van der Waals surface area contributed by atoms with Gasteiger partial charge in [0.15, 0.2) is 0 Å². The third-order valence-electron chi connectivity index (χ3n) is 3.42. The van der Waals surface area contributed by atoms with Crippen LogP contribution in [0.4, 0.5) is 5.69 Å². The highest BCUT2D eigenvalue weighted by Crippen LogP contribution is 2.24. The molecular formula is C16H16ClN3O. The number of anilines is 1. The molecule has 4 nitrogen and oxygen atoms in total. The molecule has 1 heterocycles. The summed E-state index contributed by atoms with van der Waals surface area (Å²) in [6.07, 6.45) is 0.684. The van der Waals surface area contributed by atoms with Crippen LogP contribution in [0.2, 0.25) is 5.02 Å². The summed E-state index contributed by atoms with van der Waals surface area (Å²) in [5, 5.41) is 5.14. The fraction of sp³-hybridized carbons (Fsp3) is 0.188. The van der Waals surface area contributed by atoms with Crippen LogP contribution in [0.1, 0.15) is 5.56 Å². The van der Waals surface area contributed by atoms with Gasteiger partial charge in [-0.2, -0.15) is 5.10 Å². The largest absolute Gasteiger partial charge is 0.497 e. The standard InChI is InChI=1S/C16H16ClN3O/c1-21-14-7-4-6-13(10-14)20-11-18-19-16(20)9-12-5-2-3-8-15(12)17/h2-8,10,18H,9,11H2,1H3. The Morgan fingerprint density at radius 2 is 2.10 bits per heavy atom. The van der Waals surface area contributed by atoms with Gasteiger partial charge in [0.05, 0.1) is 7.11 Å². The number of nitrogens with zero attached hydrogens (tertiary/aromatic N) is 2. The van der Waals surface area contributed by atoms with Crippen molar-refractivity contribution in [2.45, 2.75) is 6.42 Å². The molecule has 0 amide bonds. The molecule has 0 aromatic heterocycles. The zero-order valence-corrected chi connectivity index (χ0v) is 12.5. The molecule has 0 radical (unpaired) electrons. The first kappa shape index (κ1) is 13.8. The van der Waals surface area contributed by atoms with Crippen molar-refractivity contribution in [3.05, 3.63) is 59.1 Å². The van der Waals surface area contributed by atoms with Gasteiger partial charge in [0.2, 0.25) is 0 Å². The van der Waals surface area contributed by atoms with Crippen molar-refractivity contribution in [1.82, 2.24) is 5.43 Å². The Morgan fingerprint density at radius 3 is 2.90 bits per heavy atom. The van der Waals surface area contributed by atoms with Gasteiger partial charge in [-0.15, -0.1) is 0 Å². The summed E-state index contributed by atoms with van der Waals surface area (Å²) < 4.78 is 5.28. The minimum atomic E-state index is 0.646. The predicted octanol–water partition coefficient (Wildman–Crippen LogP) is 3.27. The van der Waals surface area contributed by atoms with E-state index in [1.807, 2.05) is 48.5 Å². The SMILES string of the molecule is COc1cccc(N2CNN=C2Cc2ccccc2Cl)c1. The third-order valence-corrected chi connectivity index (χ3v) is 3.79. The van der Waals surface area contributed by atoms with Gasteiger partial charge in [-0.3, -0.25) is 5.43 Å². The second-order valence-corrected chi connectivity index (χ2v) is 5.15. The molecule has 2 aromatic carbocycles. The number of methoxy groups -OCH3 is 1. The number of hydrazone groups is 1. The summed E-state index contributed by atoms with van der Waals surface area (Å²) in [4.78, 5) is 2.12. The molecule has 0 bridgehead atoms. The average molecular weight is 302 g/mol. The zero-order valence-electron chi connectivity index (χ0n) is 11.7. The van der Waals surface area contributed by atoms with Crippen molar-refractivity contribution < 1.29 is 4.74 Å². The van der Waals surface area contributed by atoms with Crippen molar-refractivity contribution in [2.24, 2.45) is 5.10 Å². The molecule has 0 atom stereocenters. The summed E-state index contributed by atoms with van der Waals surface area (Å²) >= 11 is 6.23. The second kappa shape index (κ2) is 6.06. The number of hydrogen-bond donors (Lipinski definition) is 1. The number of hydrogen-bond acceptors (Lipinski definition) is 4. The molecule has 0 unspecified atom stereocenters. The van der Waals surface area contributed by atoms with Crippen LogP contribution in [0.25, 0.3) is 0 Å². The summed E-state index contributed by atoms with van der Waals surface area (Å²) in [7, 11) is 1.67. The Balaban J connectivity index is 1.84. The van der Waals surface area contributed by atoms with Gasteiger partial charge in [-0.1, -0.05) is 35.9 Å². The lowest BCUT2D eigenvalue weighted by atomic mass is 10.1. The van der Waals surface area contributed by atoms with Gasteiger partial charge < -0.3 is 9.64 Å². The fourth-order valence-electron chi connectivity index (χ4n) is 2.31. The van der Waals surface area contributed by atoms with Gasteiger partial charge in [-0.05, 0) is 23.8 Å². The molecule has 0 aliphatic carbocycles. The Kier molecular flexibility index (Phi) is 3.97. The Hall–Kier alpha value is -2.20. The number of halogens is 1. The van der Waals surface area contributed by atoms with Gasteiger partial charge in [0, 0.05) is 23.2 Å². The smallest absolute Gasteiger partial charge is 0.135 e. The fourth-order valence-corrected chi connectivity index (χ4v) is 2.52. The molecule has 108 valence electrons. The molecule has 0 saturated heterocycles. The second-order valence-electron chi connectivity index (χ2n) is 4.74. The van der Waals surface area contributed by atoms with Crippen molar-refractivity contribution in [2.75, 3.05) is 18.7 Å². The Bertz CT molecular complexity index is 672. The minimum Gasteiger partial charge on any atom is -0.497 e. The van der Waals surface area contributed by atoms with Crippen LogP contribution in [0, 0.1) is 0 Å². The highest BCUT2D eigenvalue weighted by atomic mass is 35.5. The lowest BCUT2D eigenvalue weighted by molar-refractivity contribution is 0.415. The van der Waals surface area contributed by atoms with Gasteiger partial charge in [-0.25, -0.2) is 0 Å². The molecule has 2 aromatic rings.